The molecule has 3 N–H and O–H groups in total. The van der Waals surface area contributed by atoms with E-state index in [9.17, 15) is 9.59 Å². The summed E-state index contributed by atoms with van der Waals surface area (Å²) in [4.78, 5) is 39.9. The van der Waals surface area contributed by atoms with Crippen molar-refractivity contribution in [2.24, 2.45) is 0 Å². The number of aromatic nitrogens is 3. The minimum atomic E-state index is -0.386. The second-order valence-electron chi connectivity index (χ2n) is 9.28. The first-order valence-corrected chi connectivity index (χ1v) is 11.5. The quantitative estimate of drug-likeness (QED) is 0.745. The molecule has 8 nitrogen and oxygen atoms in total. The van der Waals surface area contributed by atoms with Crippen molar-refractivity contribution < 1.29 is 9.59 Å². The topological polar surface area (TPSA) is 114 Å². The van der Waals surface area contributed by atoms with Gasteiger partial charge in [0, 0.05) is 67.2 Å². The van der Waals surface area contributed by atoms with E-state index in [-0.39, 0.29) is 29.2 Å². The second kappa shape index (κ2) is 9.22. The summed E-state index contributed by atoms with van der Waals surface area (Å²) in [5.41, 5.74) is 9.04. The molecule has 170 valence electrons. The van der Waals surface area contributed by atoms with Gasteiger partial charge in [-0.1, -0.05) is 19.3 Å². The molecule has 0 radical (unpaired) electrons. The number of likely N-dealkylation sites (tertiary alicyclic amines) is 1. The molecule has 0 spiro atoms. The van der Waals surface area contributed by atoms with Gasteiger partial charge in [0.25, 0.3) is 0 Å². The molecule has 32 heavy (non-hydrogen) atoms. The summed E-state index contributed by atoms with van der Waals surface area (Å²) in [6.45, 7) is 4.89. The smallest absolute Gasteiger partial charge is 0.224 e. The van der Waals surface area contributed by atoms with E-state index in [0.29, 0.717) is 13.0 Å². The highest BCUT2D eigenvalue weighted by molar-refractivity contribution is 5.80. The Kier molecular flexibility index (Phi) is 6.39. The average Bonchev–Trinajstić information content (AvgIpc) is 3.24. The van der Waals surface area contributed by atoms with Crippen LogP contribution in [0.25, 0.3) is 11.1 Å². The number of carbonyl (C=O) groups is 2. The van der Waals surface area contributed by atoms with Gasteiger partial charge in [0.2, 0.25) is 17.8 Å². The van der Waals surface area contributed by atoms with E-state index in [0.717, 1.165) is 61.2 Å². The number of nitrogens with one attached hydrogen (secondary N) is 1. The van der Waals surface area contributed by atoms with Gasteiger partial charge in [0.1, 0.15) is 0 Å². The van der Waals surface area contributed by atoms with Crippen molar-refractivity contribution in [2.75, 3.05) is 18.8 Å². The Morgan fingerprint density at radius 1 is 1.16 bits per heavy atom. The monoisotopic (exact) mass is 436 g/mol. The summed E-state index contributed by atoms with van der Waals surface area (Å²) in [7, 11) is 0. The average molecular weight is 437 g/mol. The van der Waals surface area contributed by atoms with E-state index in [4.69, 9.17) is 10.7 Å². The van der Waals surface area contributed by atoms with Gasteiger partial charge in [-0.25, -0.2) is 9.97 Å². The van der Waals surface area contributed by atoms with Crippen LogP contribution in [0, 0.1) is 6.92 Å². The second-order valence-corrected chi connectivity index (χ2v) is 9.28. The van der Waals surface area contributed by atoms with Crippen LogP contribution >= 0.6 is 0 Å². The lowest BCUT2D eigenvalue weighted by Crippen LogP contribution is -2.52. The maximum absolute atomic E-state index is 13.2. The summed E-state index contributed by atoms with van der Waals surface area (Å²) in [6.07, 6.45) is 9.74. The summed E-state index contributed by atoms with van der Waals surface area (Å²) in [5, 5.41) is 3.11. The number of anilines is 1. The number of aryl methyl sites for hydroxylation is 1. The predicted molar refractivity (Wildman–Crippen MR) is 123 cm³/mol. The molecule has 2 aromatic heterocycles. The van der Waals surface area contributed by atoms with Crippen molar-refractivity contribution in [3.05, 3.63) is 35.9 Å². The van der Waals surface area contributed by atoms with Crippen molar-refractivity contribution in [1.29, 1.82) is 0 Å². The van der Waals surface area contributed by atoms with Gasteiger partial charge in [0.05, 0.1) is 0 Å². The van der Waals surface area contributed by atoms with E-state index in [2.05, 4.69) is 21.4 Å². The van der Waals surface area contributed by atoms with Crippen LogP contribution in [-0.2, 0) is 9.59 Å². The first-order chi connectivity index (χ1) is 15.3. The molecule has 2 aromatic rings. The van der Waals surface area contributed by atoms with Crippen LogP contribution in [0.15, 0.2) is 24.5 Å². The molecule has 4 rings (SSSR count). The Labute approximate surface area is 189 Å². The molecular weight excluding hydrogens is 404 g/mol. The zero-order chi connectivity index (χ0) is 22.7. The molecule has 0 unspecified atom stereocenters. The number of nitrogens with zero attached hydrogens (tertiary/aromatic N) is 4. The van der Waals surface area contributed by atoms with Crippen LogP contribution in [0.5, 0.6) is 0 Å². The van der Waals surface area contributed by atoms with E-state index < -0.39 is 0 Å². The lowest BCUT2D eigenvalue weighted by Gasteiger charge is -2.38. The predicted octanol–water partition coefficient (Wildman–Crippen LogP) is 2.97. The summed E-state index contributed by atoms with van der Waals surface area (Å²) < 4.78 is 0. The minimum absolute atomic E-state index is 0.0536. The Hall–Kier alpha value is -3.03. The fraction of sp³-hybridized carbons (Fsp3) is 0.542. The normalized spacial score (nSPS) is 20.2. The summed E-state index contributed by atoms with van der Waals surface area (Å²) in [5.74, 6) is 0.514. The summed E-state index contributed by atoms with van der Waals surface area (Å²) >= 11 is 0. The maximum Gasteiger partial charge on any atom is 0.224 e. The van der Waals surface area contributed by atoms with Gasteiger partial charge in [0.15, 0.2) is 0 Å². The fourth-order valence-electron chi connectivity index (χ4n) is 5.13. The van der Waals surface area contributed by atoms with Crippen LogP contribution in [-0.4, -0.2) is 50.3 Å². The molecule has 1 saturated heterocycles. The third kappa shape index (κ3) is 5.06. The number of rotatable bonds is 5. The third-order valence-electron chi connectivity index (χ3n) is 6.68. The third-order valence-corrected chi connectivity index (χ3v) is 6.68. The number of nitrogen functional groups attached to an aromatic ring is 1. The number of carbonyl (C=O) groups excluding carboxylic acids is 2. The Balaban J connectivity index is 1.46. The molecule has 0 aromatic carbocycles. The van der Waals surface area contributed by atoms with Gasteiger partial charge >= 0.3 is 0 Å². The van der Waals surface area contributed by atoms with Crippen LogP contribution in [0.3, 0.4) is 0 Å². The zero-order valence-electron chi connectivity index (χ0n) is 18.9. The molecule has 3 heterocycles. The zero-order valence-corrected chi connectivity index (χ0v) is 18.9. The van der Waals surface area contributed by atoms with E-state index in [1.807, 2.05) is 17.9 Å². The Morgan fingerprint density at radius 3 is 2.56 bits per heavy atom. The number of nitrogens with two attached hydrogens (primary N) is 1. The van der Waals surface area contributed by atoms with Gasteiger partial charge in [-0.2, -0.15) is 0 Å². The molecule has 1 aliphatic heterocycles. The van der Waals surface area contributed by atoms with Crippen LogP contribution < -0.4 is 11.1 Å². The molecule has 1 saturated carbocycles. The Morgan fingerprint density at radius 2 is 1.88 bits per heavy atom. The first-order valence-electron chi connectivity index (χ1n) is 11.5. The van der Waals surface area contributed by atoms with Crippen molar-refractivity contribution in [1.82, 2.24) is 25.2 Å². The van der Waals surface area contributed by atoms with Gasteiger partial charge in [-0.15, -0.1) is 0 Å². The van der Waals surface area contributed by atoms with E-state index in [1.165, 1.54) is 6.42 Å². The largest absolute Gasteiger partial charge is 0.368 e. The molecule has 0 bridgehead atoms. The molecule has 8 heteroatoms. The molecule has 2 fully saturated rings. The molecular formula is C24H32N6O2. The van der Waals surface area contributed by atoms with Crippen molar-refractivity contribution >= 4 is 17.8 Å². The van der Waals surface area contributed by atoms with E-state index >= 15 is 0 Å². The van der Waals surface area contributed by atoms with Crippen LogP contribution in [0.4, 0.5) is 5.95 Å². The highest BCUT2D eigenvalue weighted by Crippen LogP contribution is 2.34. The number of amides is 2. The lowest BCUT2D eigenvalue weighted by atomic mass is 9.79. The number of hydrogen-bond acceptors (Lipinski definition) is 6. The fourth-order valence-corrected chi connectivity index (χ4v) is 5.13. The van der Waals surface area contributed by atoms with Gasteiger partial charge in [-0.05, 0) is 43.9 Å². The molecule has 1 atom stereocenters. The first kappa shape index (κ1) is 22.2. The van der Waals surface area contributed by atoms with Gasteiger partial charge in [-0.3, -0.25) is 14.6 Å². The Bertz CT molecular complexity index is 984. The highest BCUT2D eigenvalue weighted by Gasteiger charge is 2.38. The van der Waals surface area contributed by atoms with E-state index in [1.54, 1.807) is 19.3 Å². The SMILES string of the molecule is CC(=O)NC1(CC(=O)N2CC[C@H](c3cc(-c4cnc(N)nc4)cc(C)n3)C2)CCCCC1. The van der Waals surface area contributed by atoms with Gasteiger partial charge < -0.3 is 16.0 Å². The molecule has 1 aliphatic carbocycles. The molecule has 2 aliphatic rings. The minimum Gasteiger partial charge on any atom is -0.368 e. The molecule has 2 amide bonds. The van der Waals surface area contributed by atoms with Crippen molar-refractivity contribution in [3.8, 4) is 11.1 Å². The van der Waals surface area contributed by atoms with Crippen LogP contribution in [0.1, 0.15) is 69.2 Å². The maximum atomic E-state index is 13.2. The highest BCUT2D eigenvalue weighted by atomic mass is 16.2. The number of hydrogen-bond donors (Lipinski definition) is 2. The number of pyridine rings is 1. The standard InChI is InChI=1S/C24H32N6O2/c1-16-10-19(20-13-26-23(25)27-14-20)11-21(28-16)18-6-9-30(15-18)22(32)12-24(29-17(2)31)7-4-3-5-8-24/h10-11,13-14,18H,3-9,12,15H2,1-2H3,(H,29,31)(H2,25,26,27)/t18-/m0/s1. The summed E-state index contributed by atoms with van der Waals surface area (Å²) in [6, 6.07) is 4.08. The van der Waals surface area contributed by atoms with Crippen molar-refractivity contribution in [2.45, 2.75) is 70.3 Å². The lowest BCUT2D eigenvalue weighted by molar-refractivity contribution is -0.133. The van der Waals surface area contributed by atoms with Crippen LogP contribution in [0.2, 0.25) is 0 Å². The van der Waals surface area contributed by atoms with Crippen molar-refractivity contribution in [3.63, 3.8) is 0 Å².